The molecule has 162 valence electrons. The Morgan fingerprint density at radius 2 is 2.00 bits per heavy atom. The molecular weight excluding hydrogens is 410 g/mol. The minimum Gasteiger partial charge on any atom is -0.493 e. The molecule has 0 saturated carbocycles. The third-order valence-electron chi connectivity index (χ3n) is 5.01. The van der Waals surface area contributed by atoms with Crippen molar-refractivity contribution in [2.24, 2.45) is 0 Å². The normalized spacial score (nSPS) is 15.4. The quantitative estimate of drug-likeness (QED) is 0.468. The van der Waals surface area contributed by atoms with Crippen LogP contribution in [-0.2, 0) is 4.74 Å². The fourth-order valence-corrected chi connectivity index (χ4v) is 3.72. The minimum atomic E-state index is -0.460. The highest BCUT2D eigenvalue weighted by atomic mass is 35.5. The van der Waals surface area contributed by atoms with Crippen molar-refractivity contribution in [1.29, 1.82) is 0 Å². The molecule has 1 heterocycles. The predicted molar refractivity (Wildman–Crippen MR) is 116 cm³/mol. The molecule has 8 nitrogen and oxygen atoms in total. The summed E-state index contributed by atoms with van der Waals surface area (Å²) < 4.78 is 16.7. The maximum Gasteiger partial charge on any atom is 0.271 e. The number of rotatable bonds is 9. The number of anilines is 1. The second-order valence-electron chi connectivity index (χ2n) is 6.81. The predicted octanol–water partition coefficient (Wildman–Crippen LogP) is 4.14. The summed E-state index contributed by atoms with van der Waals surface area (Å²) in [5.41, 5.74) is 1.69. The van der Waals surface area contributed by atoms with Crippen molar-refractivity contribution in [2.45, 2.75) is 13.0 Å². The summed E-state index contributed by atoms with van der Waals surface area (Å²) in [7, 11) is 1.63. The molecular formula is C21H26ClN3O5. The zero-order valence-electron chi connectivity index (χ0n) is 17.1. The van der Waals surface area contributed by atoms with Crippen molar-refractivity contribution in [1.82, 2.24) is 4.90 Å². The van der Waals surface area contributed by atoms with E-state index in [9.17, 15) is 10.1 Å². The number of nitro groups is 1. The van der Waals surface area contributed by atoms with Gasteiger partial charge in [-0.2, -0.15) is 0 Å². The van der Waals surface area contributed by atoms with Gasteiger partial charge in [-0.3, -0.25) is 15.0 Å². The zero-order valence-corrected chi connectivity index (χ0v) is 17.9. The lowest BCUT2D eigenvalue weighted by molar-refractivity contribution is -0.384. The van der Waals surface area contributed by atoms with Gasteiger partial charge in [0.2, 0.25) is 0 Å². The number of methoxy groups -OCH3 is 1. The molecule has 1 aliphatic rings. The van der Waals surface area contributed by atoms with Gasteiger partial charge in [0.05, 0.1) is 48.6 Å². The van der Waals surface area contributed by atoms with Gasteiger partial charge in [-0.05, 0) is 30.7 Å². The lowest BCUT2D eigenvalue weighted by Crippen LogP contribution is -2.41. The summed E-state index contributed by atoms with van der Waals surface area (Å²) >= 11 is 6.25. The topological polar surface area (TPSA) is 86.1 Å². The lowest BCUT2D eigenvalue weighted by Gasteiger charge is -2.35. The molecule has 0 unspecified atom stereocenters. The SMILES string of the molecule is CCOc1ccc([C@@H](CNc2ccc([N+](=O)[O-])cc2Cl)N2CCOCC2)cc1OC. The number of halogens is 1. The minimum absolute atomic E-state index is 0.0322. The van der Waals surface area contributed by atoms with Crippen molar-refractivity contribution in [3.05, 3.63) is 57.1 Å². The van der Waals surface area contributed by atoms with Gasteiger partial charge >= 0.3 is 0 Å². The third-order valence-corrected chi connectivity index (χ3v) is 5.32. The molecule has 3 rings (SSSR count). The van der Waals surface area contributed by atoms with Crippen LogP contribution in [0.5, 0.6) is 11.5 Å². The van der Waals surface area contributed by atoms with Crippen molar-refractivity contribution >= 4 is 23.0 Å². The van der Waals surface area contributed by atoms with E-state index in [1.54, 1.807) is 13.2 Å². The van der Waals surface area contributed by atoms with Gasteiger partial charge in [-0.1, -0.05) is 17.7 Å². The maximum atomic E-state index is 10.9. The molecule has 0 spiro atoms. The molecule has 1 fully saturated rings. The largest absolute Gasteiger partial charge is 0.493 e. The number of benzene rings is 2. The van der Waals surface area contributed by atoms with Crippen LogP contribution in [0.15, 0.2) is 36.4 Å². The molecule has 30 heavy (non-hydrogen) atoms. The van der Waals surface area contributed by atoms with Crippen LogP contribution in [0.4, 0.5) is 11.4 Å². The Balaban J connectivity index is 1.84. The van der Waals surface area contributed by atoms with Crippen molar-refractivity contribution in [3.8, 4) is 11.5 Å². The van der Waals surface area contributed by atoms with E-state index < -0.39 is 4.92 Å². The Labute approximate surface area is 180 Å². The second-order valence-corrected chi connectivity index (χ2v) is 7.22. The fraction of sp³-hybridized carbons (Fsp3) is 0.429. The van der Waals surface area contributed by atoms with Crippen LogP contribution in [0, 0.1) is 10.1 Å². The number of nitrogens with one attached hydrogen (secondary N) is 1. The molecule has 0 aromatic heterocycles. The van der Waals surface area contributed by atoms with E-state index in [-0.39, 0.29) is 11.7 Å². The first-order chi connectivity index (χ1) is 14.5. The van der Waals surface area contributed by atoms with Crippen LogP contribution < -0.4 is 14.8 Å². The van der Waals surface area contributed by atoms with Gasteiger partial charge in [-0.15, -0.1) is 0 Å². The van der Waals surface area contributed by atoms with Gasteiger partial charge < -0.3 is 19.5 Å². The van der Waals surface area contributed by atoms with Crippen molar-refractivity contribution in [2.75, 3.05) is 51.9 Å². The van der Waals surface area contributed by atoms with E-state index in [2.05, 4.69) is 10.2 Å². The van der Waals surface area contributed by atoms with E-state index in [1.165, 1.54) is 12.1 Å². The van der Waals surface area contributed by atoms with Gasteiger partial charge in [-0.25, -0.2) is 0 Å². The third kappa shape index (κ3) is 5.33. The molecule has 1 N–H and O–H groups in total. The van der Waals surface area contributed by atoms with Gasteiger partial charge in [0.15, 0.2) is 11.5 Å². The Morgan fingerprint density at radius 1 is 1.23 bits per heavy atom. The second kappa shape index (κ2) is 10.5. The number of nitro benzene ring substituents is 1. The molecule has 1 aliphatic heterocycles. The number of morpholine rings is 1. The van der Waals surface area contributed by atoms with Gasteiger partial charge in [0.25, 0.3) is 5.69 Å². The average Bonchev–Trinajstić information content (AvgIpc) is 2.76. The highest BCUT2D eigenvalue weighted by Crippen LogP contribution is 2.33. The monoisotopic (exact) mass is 435 g/mol. The molecule has 2 aromatic rings. The first-order valence-corrected chi connectivity index (χ1v) is 10.2. The highest BCUT2D eigenvalue weighted by Gasteiger charge is 2.24. The number of ether oxygens (including phenoxy) is 3. The number of hydrogen-bond donors (Lipinski definition) is 1. The number of non-ortho nitro benzene ring substituents is 1. The molecule has 0 radical (unpaired) electrons. The van der Waals surface area contributed by atoms with Crippen LogP contribution in [0.25, 0.3) is 0 Å². The van der Waals surface area contributed by atoms with Crippen LogP contribution in [-0.4, -0.2) is 56.4 Å². The molecule has 0 amide bonds. The van der Waals surface area contributed by atoms with E-state index in [1.807, 2.05) is 25.1 Å². The van der Waals surface area contributed by atoms with Gasteiger partial charge in [0.1, 0.15) is 0 Å². The summed E-state index contributed by atoms with van der Waals surface area (Å²) in [5, 5.41) is 14.6. The lowest BCUT2D eigenvalue weighted by atomic mass is 10.0. The van der Waals surface area contributed by atoms with Crippen LogP contribution in [0.1, 0.15) is 18.5 Å². The van der Waals surface area contributed by atoms with Crippen LogP contribution >= 0.6 is 11.6 Å². The molecule has 2 aromatic carbocycles. The summed E-state index contributed by atoms with van der Waals surface area (Å²) in [6, 6.07) is 10.4. The Morgan fingerprint density at radius 3 is 2.63 bits per heavy atom. The number of hydrogen-bond acceptors (Lipinski definition) is 7. The van der Waals surface area contributed by atoms with Crippen molar-refractivity contribution < 1.29 is 19.1 Å². The van der Waals surface area contributed by atoms with E-state index >= 15 is 0 Å². The van der Waals surface area contributed by atoms with Gasteiger partial charge in [0, 0.05) is 31.8 Å². The summed E-state index contributed by atoms with van der Waals surface area (Å²) in [5.74, 6) is 1.39. The summed E-state index contributed by atoms with van der Waals surface area (Å²) in [6.45, 7) is 6.00. The molecule has 0 bridgehead atoms. The maximum absolute atomic E-state index is 10.9. The Kier molecular flexibility index (Phi) is 7.73. The van der Waals surface area contributed by atoms with E-state index in [4.69, 9.17) is 25.8 Å². The molecule has 1 atom stereocenters. The zero-order chi connectivity index (χ0) is 21.5. The molecule has 0 aliphatic carbocycles. The number of nitrogens with zero attached hydrogens (tertiary/aromatic N) is 2. The standard InChI is InChI=1S/C21H26ClN3O5/c1-3-30-20-7-4-15(12-21(20)28-2)19(24-8-10-29-11-9-24)14-23-18-6-5-16(25(26)27)13-17(18)22/h4-7,12-13,19,23H,3,8-11,14H2,1-2H3/t19-/m1/s1. The summed E-state index contributed by atoms with van der Waals surface area (Å²) in [4.78, 5) is 12.8. The summed E-state index contributed by atoms with van der Waals surface area (Å²) in [6.07, 6.45) is 0. The molecule has 1 saturated heterocycles. The van der Waals surface area contributed by atoms with Crippen LogP contribution in [0.3, 0.4) is 0 Å². The Hall–Kier alpha value is -2.55. The Bertz CT molecular complexity index is 874. The smallest absolute Gasteiger partial charge is 0.271 e. The van der Waals surface area contributed by atoms with E-state index in [0.717, 1.165) is 18.7 Å². The van der Waals surface area contributed by atoms with Crippen molar-refractivity contribution in [3.63, 3.8) is 0 Å². The fourth-order valence-electron chi connectivity index (χ4n) is 3.48. The van der Waals surface area contributed by atoms with Crippen LogP contribution in [0.2, 0.25) is 5.02 Å². The van der Waals surface area contributed by atoms with E-state index in [0.29, 0.717) is 48.6 Å². The highest BCUT2D eigenvalue weighted by molar-refractivity contribution is 6.33. The molecule has 9 heteroatoms. The average molecular weight is 436 g/mol. The first-order valence-electron chi connectivity index (χ1n) is 9.83. The first kappa shape index (κ1) is 22.1.